The molecule has 0 heterocycles. The lowest BCUT2D eigenvalue weighted by atomic mass is 10.1. The quantitative estimate of drug-likeness (QED) is 0.826. The number of hydrogen-bond donors (Lipinski definition) is 2. The van der Waals surface area contributed by atoms with E-state index in [0.717, 1.165) is 6.42 Å². The highest BCUT2D eigenvalue weighted by atomic mass is 35.5. The summed E-state index contributed by atoms with van der Waals surface area (Å²) in [5, 5.41) is 8.67. The Morgan fingerprint density at radius 2 is 1.73 bits per heavy atom. The second-order valence-electron chi connectivity index (χ2n) is 3.04. The molecule has 0 saturated heterocycles. The minimum atomic E-state index is -0.127. The van der Waals surface area contributed by atoms with Gasteiger partial charge in [-0.15, -0.1) is 12.4 Å². The standard InChI is InChI=1S/C9H13NO.C2H6O.ClH/c10-9(7-11)6-8-4-2-1-3-5-8;1-3-2;/h1-5,9,11H,6-7,10H2;1-2H3;1H/t9-;;/m0../s1. The Morgan fingerprint density at radius 1 is 1.27 bits per heavy atom. The molecule has 0 aromatic heterocycles. The van der Waals surface area contributed by atoms with Crippen LogP contribution < -0.4 is 5.73 Å². The monoisotopic (exact) mass is 233 g/mol. The Hall–Kier alpha value is -0.610. The van der Waals surface area contributed by atoms with Gasteiger partial charge in [0.25, 0.3) is 0 Å². The predicted molar refractivity (Wildman–Crippen MR) is 65.4 cm³/mol. The normalized spacial score (nSPS) is 10.7. The van der Waals surface area contributed by atoms with Crippen molar-refractivity contribution >= 4 is 12.4 Å². The van der Waals surface area contributed by atoms with Crippen LogP contribution in [0.15, 0.2) is 30.3 Å². The molecule has 15 heavy (non-hydrogen) atoms. The van der Waals surface area contributed by atoms with Crippen LogP contribution in [0.3, 0.4) is 0 Å². The van der Waals surface area contributed by atoms with Crippen molar-refractivity contribution in [1.29, 1.82) is 0 Å². The van der Waals surface area contributed by atoms with Crippen molar-refractivity contribution in [2.75, 3.05) is 20.8 Å². The summed E-state index contributed by atoms with van der Waals surface area (Å²) >= 11 is 0. The molecular weight excluding hydrogens is 214 g/mol. The Bertz CT molecular complexity index is 219. The number of aliphatic hydroxyl groups is 1. The zero-order valence-electron chi connectivity index (χ0n) is 9.22. The van der Waals surface area contributed by atoms with E-state index in [1.807, 2.05) is 30.3 Å². The van der Waals surface area contributed by atoms with E-state index in [-0.39, 0.29) is 25.1 Å². The molecule has 0 spiro atoms. The predicted octanol–water partition coefficient (Wildman–Crippen LogP) is 1.23. The molecule has 0 amide bonds. The zero-order valence-corrected chi connectivity index (χ0v) is 10.0. The van der Waals surface area contributed by atoms with E-state index < -0.39 is 0 Å². The van der Waals surface area contributed by atoms with Crippen molar-refractivity contribution in [1.82, 2.24) is 0 Å². The molecule has 1 rings (SSSR count). The molecule has 0 bridgehead atoms. The SMILES string of the molecule is COC.Cl.N[C@H](CO)Cc1ccccc1. The van der Waals surface area contributed by atoms with Crippen molar-refractivity contribution < 1.29 is 9.84 Å². The van der Waals surface area contributed by atoms with Gasteiger partial charge in [-0.3, -0.25) is 0 Å². The summed E-state index contributed by atoms with van der Waals surface area (Å²) < 4.78 is 4.25. The van der Waals surface area contributed by atoms with Gasteiger partial charge in [0, 0.05) is 20.3 Å². The average Bonchev–Trinajstić information content (AvgIpc) is 2.20. The molecule has 0 aliphatic heterocycles. The maximum absolute atomic E-state index is 8.67. The number of methoxy groups -OCH3 is 1. The van der Waals surface area contributed by atoms with Crippen LogP contribution in [0.5, 0.6) is 0 Å². The molecule has 3 N–H and O–H groups in total. The molecule has 0 aliphatic rings. The van der Waals surface area contributed by atoms with E-state index >= 15 is 0 Å². The van der Waals surface area contributed by atoms with E-state index in [0.29, 0.717) is 0 Å². The van der Waals surface area contributed by atoms with Crippen LogP contribution in [0.25, 0.3) is 0 Å². The molecule has 3 nitrogen and oxygen atoms in total. The van der Waals surface area contributed by atoms with Gasteiger partial charge in [0.15, 0.2) is 0 Å². The number of halogens is 1. The van der Waals surface area contributed by atoms with Gasteiger partial charge in [-0.05, 0) is 12.0 Å². The molecule has 0 unspecified atom stereocenters. The molecule has 4 heteroatoms. The van der Waals surface area contributed by atoms with Gasteiger partial charge in [-0.2, -0.15) is 0 Å². The third-order valence-electron chi connectivity index (χ3n) is 1.58. The maximum atomic E-state index is 8.67. The van der Waals surface area contributed by atoms with Crippen molar-refractivity contribution in [3.05, 3.63) is 35.9 Å². The first-order valence-electron chi connectivity index (χ1n) is 4.55. The average molecular weight is 234 g/mol. The lowest BCUT2D eigenvalue weighted by Crippen LogP contribution is -2.26. The van der Waals surface area contributed by atoms with Crippen LogP contribution in [0.1, 0.15) is 5.56 Å². The number of rotatable bonds is 3. The molecular formula is C11H20ClNO2. The Labute approximate surface area is 97.7 Å². The Balaban J connectivity index is 0. The van der Waals surface area contributed by atoms with Crippen LogP contribution in [0, 0.1) is 0 Å². The van der Waals surface area contributed by atoms with Crippen molar-refractivity contribution in [2.45, 2.75) is 12.5 Å². The lowest BCUT2D eigenvalue weighted by molar-refractivity contribution is 0.265. The second-order valence-corrected chi connectivity index (χ2v) is 3.04. The summed E-state index contributed by atoms with van der Waals surface area (Å²) in [4.78, 5) is 0. The lowest BCUT2D eigenvalue weighted by Gasteiger charge is -2.06. The highest BCUT2D eigenvalue weighted by Gasteiger charge is 1.99. The number of aliphatic hydroxyl groups excluding tert-OH is 1. The van der Waals surface area contributed by atoms with Gasteiger partial charge in [-0.25, -0.2) is 0 Å². The molecule has 1 aromatic rings. The van der Waals surface area contributed by atoms with Crippen LogP contribution in [0.2, 0.25) is 0 Å². The fourth-order valence-electron chi connectivity index (χ4n) is 0.981. The first-order chi connectivity index (χ1) is 6.74. The van der Waals surface area contributed by atoms with Crippen LogP contribution in [-0.4, -0.2) is 32.0 Å². The fraction of sp³-hybridized carbons (Fsp3) is 0.455. The van der Waals surface area contributed by atoms with E-state index in [4.69, 9.17) is 10.8 Å². The summed E-state index contributed by atoms with van der Waals surface area (Å²) in [7, 11) is 3.25. The van der Waals surface area contributed by atoms with Crippen LogP contribution >= 0.6 is 12.4 Å². The minimum Gasteiger partial charge on any atom is -0.395 e. The van der Waals surface area contributed by atoms with Crippen LogP contribution in [-0.2, 0) is 11.2 Å². The van der Waals surface area contributed by atoms with Gasteiger partial charge < -0.3 is 15.6 Å². The van der Waals surface area contributed by atoms with Crippen molar-refractivity contribution in [2.24, 2.45) is 5.73 Å². The minimum absolute atomic E-state index is 0. The van der Waals surface area contributed by atoms with Gasteiger partial charge >= 0.3 is 0 Å². The third-order valence-corrected chi connectivity index (χ3v) is 1.58. The number of nitrogens with two attached hydrogens (primary N) is 1. The molecule has 0 aliphatic carbocycles. The van der Waals surface area contributed by atoms with Crippen molar-refractivity contribution in [3.8, 4) is 0 Å². The van der Waals surface area contributed by atoms with E-state index in [9.17, 15) is 0 Å². The van der Waals surface area contributed by atoms with Crippen molar-refractivity contribution in [3.63, 3.8) is 0 Å². The summed E-state index contributed by atoms with van der Waals surface area (Å²) in [5.41, 5.74) is 6.73. The summed E-state index contributed by atoms with van der Waals surface area (Å²) in [6, 6.07) is 9.80. The highest BCUT2D eigenvalue weighted by Crippen LogP contribution is 2.00. The van der Waals surface area contributed by atoms with E-state index in [1.165, 1.54) is 5.56 Å². The summed E-state index contributed by atoms with van der Waals surface area (Å²) in [6.45, 7) is 0.0505. The topological polar surface area (TPSA) is 55.5 Å². The zero-order chi connectivity index (χ0) is 10.8. The fourth-order valence-corrected chi connectivity index (χ4v) is 0.981. The Kier molecular flexibility index (Phi) is 12.8. The first-order valence-corrected chi connectivity index (χ1v) is 4.55. The molecule has 1 aromatic carbocycles. The van der Waals surface area contributed by atoms with Gasteiger partial charge in [0.1, 0.15) is 0 Å². The molecule has 0 saturated carbocycles. The van der Waals surface area contributed by atoms with Gasteiger partial charge in [0.2, 0.25) is 0 Å². The maximum Gasteiger partial charge on any atom is 0.0585 e. The van der Waals surface area contributed by atoms with E-state index in [2.05, 4.69) is 4.74 Å². The number of hydrogen-bond acceptors (Lipinski definition) is 3. The summed E-state index contributed by atoms with van der Waals surface area (Å²) in [5.74, 6) is 0. The molecule has 1 atom stereocenters. The largest absolute Gasteiger partial charge is 0.395 e. The Morgan fingerprint density at radius 3 is 2.13 bits per heavy atom. The molecule has 0 radical (unpaired) electrons. The second kappa shape index (κ2) is 11.5. The van der Waals surface area contributed by atoms with Gasteiger partial charge in [-0.1, -0.05) is 30.3 Å². The summed E-state index contributed by atoms with van der Waals surface area (Å²) in [6.07, 6.45) is 0.747. The van der Waals surface area contributed by atoms with E-state index in [1.54, 1.807) is 14.2 Å². The molecule has 0 fully saturated rings. The van der Waals surface area contributed by atoms with Gasteiger partial charge in [0.05, 0.1) is 6.61 Å². The third kappa shape index (κ3) is 9.69. The highest BCUT2D eigenvalue weighted by molar-refractivity contribution is 5.85. The first kappa shape index (κ1) is 16.8. The smallest absolute Gasteiger partial charge is 0.0585 e. The number of benzene rings is 1. The van der Waals surface area contributed by atoms with Crippen LogP contribution in [0.4, 0.5) is 0 Å². The number of ether oxygens (including phenoxy) is 1. The molecule has 88 valence electrons.